The van der Waals surface area contributed by atoms with E-state index < -0.39 is 0 Å². The first-order valence-corrected chi connectivity index (χ1v) is 9.84. The van der Waals surface area contributed by atoms with E-state index in [9.17, 15) is 9.59 Å². The van der Waals surface area contributed by atoms with Gasteiger partial charge in [0, 0.05) is 33.2 Å². The second kappa shape index (κ2) is 7.06. The topological polar surface area (TPSA) is 57.0 Å². The number of carbonyl (C=O) groups excluding carboxylic acids is 2. The van der Waals surface area contributed by atoms with Gasteiger partial charge in [-0.2, -0.15) is 0 Å². The molecule has 6 nitrogen and oxygen atoms in total. The van der Waals surface area contributed by atoms with Crippen LogP contribution in [0.2, 0.25) is 0 Å². The largest absolute Gasteiger partial charge is 0.469 e. The molecule has 4 rings (SSSR count). The zero-order valence-corrected chi connectivity index (χ0v) is 15.7. The number of amides is 2. The van der Waals surface area contributed by atoms with Crippen molar-refractivity contribution in [3.63, 3.8) is 0 Å². The molecule has 3 fully saturated rings. The fourth-order valence-corrected chi connectivity index (χ4v) is 5.03. The van der Waals surface area contributed by atoms with Crippen LogP contribution in [0.3, 0.4) is 0 Å². The summed E-state index contributed by atoms with van der Waals surface area (Å²) >= 11 is 0. The van der Waals surface area contributed by atoms with Gasteiger partial charge in [-0.3, -0.25) is 9.59 Å². The molecule has 2 amide bonds. The van der Waals surface area contributed by atoms with Gasteiger partial charge in [0.1, 0.15) is 5.76 Å². The molecule has 0 aliphatic carbocycles. The first-order chi connectivity index (χ1) is 12.6. The van der Waals surface area contributed by atoms with Crippen LogP contribution in [0.4, 0.5) is 0 Å². The van der Waals surface area contributed by atoms with Crippen LogP contribution < -0.4 is 0 Å². The van der Waals surface area contributed by atoms with Gasteiger partial charge >= 0.3 is 0 Å². The summed E-state index contributed by atoms with van der Waals surface area (Å²) < 4.78 is 5.28. The molecule has 3 aliphatic heterocycles. The molecule has 2 bridgehead atoms. The van der Waals surface area contributed by atoms with Gasteiger partial charge in [-0.25, -0.2) is 0 Å². The van der Waals surface area contributed by atoms with Crippen molar-refractivity contribution in [1.82, 2.24) is 14.7 Å². The Morgan fingerprint density at radius 1 is 1.31 bits per heavy atom. The van der Waals surface area contributed by atoms with Gasteiger partial charge < -0.3 is 19.1 Å². The number of hydrogen-bond donors (Lipinski definition) is 0. The Bertz CT molecular complexity index is 655. The first kappa shape index (κ1) is 17.6. The Hall–Kier alpha value is -1.82. The van der Waals surface area contributed by atoms with Crippen LogP contribution in [-0.2, 0) is 16.0 Å². The van der Waals surface area contributed by atoms with Crippen molar-refractivity contribution in [1.29, 1.82) is 0 Å². The summed E-state index contributed by atoms with van der Waals surface area (Å²) in [4.78, 5) is 31.8. The maximum absolute atomic E-state index is 13.1. The van der Waals surface area contributed by atoms with Crippen LogP contribution in [0, 0.1) is 11.3 Å². The minimum Gasteiger partial charge on any atom is -0.469 e. The lowest BCUT2D eigenvalue weighted by atomic mass is 9.79. The van der Waals surface area contributed by atoms with Crippen LogP contribution in [0.15, 0.2) is 22.8 Å². The molecule has 3 atom stereocenters. The minimum absolute atomic E-state index is 0.119. The second-order valence-corrected chi connectivity index (χ2v) is 8.35. The summed E-state index contributed by atoms with van der Waals surface area (Å²) in [6.45, 7) is 5.44. The SMILES string of the molecule is CN(CC1CCN(C(=O)Cc2ccco2)C1)C(=O)C12CCCN(CC1)C2. The quantitative estimate of drug-likeness (QED) is 0.802. The van der Waals surface area contributed by atoms with E-state index in [0.717, 1.165) is 65.0 Å². The smallest absolute Gasteiger partial charge is 0.230 e. The molecule has 26 heavy (non-hydrogen) atoms. The number of furan rings is 1. The summed E-state index contributed by atoms with van der Waals surface area (Å²) in [6, 6.07) is 3.65. The maximum Gasteiger partial charge on any atom is 0.230 e. The van der Waals surface area contributed by atoms with E-state index in [4.69, 9.17) is 4.42 Å². The van der Waals surface area contributed by atoms with E-state index >= 15 is 0 Å². The van der Waals surface area contributed by atoms with Crippen molar-refractivity contribution in [3.8, 4) is 0 Å². The molecule has 0 saturated carbocycles. The van der Waals surface area contributed by atoms with Gasteiger partial charge in [-0.15, -0.1) is 0 Å². The highest BCUT2D eigenvalue weighted by molar-refractivity contribution is 5.83. The molecule has 0 N–H and O–H groups in total. The third-order valence-electron chi connectivity index (χ3n) is 6.44. The standard InChI is InChI=1S/C20H29N3O3/c1-21(19(25)20-6-3-8-22(15-20)10-7-20)13-16-5-9-23(14-16)18(24)12-17-4-2-11-26-17/h2,4,11,16H,3,5-10,12-15H2,1H3. The third-order valence-corrected chi connectivity index (χ3v) is 6.44. The predicted octanol–water partition coefficient (Wildman–Crippen LogP) is 1.61. The highest BCUT2D eigenvalue weighted by Crippen LogP contribution is 2.40. The normalized spacial score (nSPS) is 30.6. The van der Waals surface area contributed by atoms with E-state index in [0.29, 0.717) is 24.0 Å². The molecule has 1 aromatic rings. The third kappa shape index (κ3) is 3.39. The molecule has 3 unspecified atom stereocenters. The number of hydrogen-bond acceptors (Lipinski definition) is 4. The Balaban J connectivity index is 1.29. The lowest BCUT2D eigenvalue weighted by molar-refractivity contribution is -0.142. The zero-order valence-electron chi connectivity index (χ0n) is 15.7. The molecule has 3 saturated heterocycles. The summed E-state index contributed by atoms with van der Waals surface area (Å²) in [5.41, 5.74) is -0.138. The van der Waals surface area contributed by atoms with Crippen LogP contribution >= 0.6 is 0 Å². The molecule has 4 heterocycles. The fourth-order valence-electron chi connectivity index (χ4n) is 5.03. The number of nitrogens with zero attached hydrogens (tertiary/aromatic N) is 3. The van der Waals surface area contributed by atoms with Crippen molar-refractivity contribution >= 4 is 11.8 Å². The lowest BCUT2D eigenvalue weighted by Crippen LogP contribution is -2.47. The summed E-state index contributed by atoms with van der Waals surface area (Å²) in [5, 5.41) is 0. The number of rotatable bonds is 5. The Morgan fingerprint density at radius 2 is 2.19 bits per heavy atom. The summed E-state index contributed by atoms with van der Waals surface area (Å²) in [6.07, 6.45) is 6.08. The monoisotopic (exact) mass is 359 g/mol. The van der Waals surface area contributed by atoms with Crippen LogP contribution in [0.5, 0.6) is 0 Å². The highest BCUT2D eigenvalue weighted by Gasteiger charge is 2.48. The van der Waals surface area contributed by atoms with Gasteiger partial charge in [0.25, 0.3) is 0 Å². The fraction of sp³-hybridized carbons (Fsp3) is 0.700. The lowest BCUT2D eigenvalue weighted by Gasteiger charge is -2.36. The summed E-state index contributed by atoms with van der Waals surface area (Å²) in [5.74, 6) is 1.53. The van der Waals surface area contributed by atoms with E-state index in [1.54, 1.807) is 6.26 Å². The second-order valence-electron chi connectivity index (χ2n) is 8.35. The van der Waals surface area contributed by atoms with Gasteiger partial charge in [0.05, 0.1) is 18.1 Å². The molecule has 6 heteroatoms. The molecule has 1 aromatic heterocycles. The van der Waals surface area contributed by atoms with Gasteiger partial charge in [-0.05, 0) is 56.8 Å². The van der Waals surface area contributed by atoms with Crippen LogP contribution in [0.1, 0.15) is 31.4 Å². The predicted molar refractivity (Wildman–Crippen MR) is 97.5 cm³/mol. The van der Waals surface area contributed by atoms with Crippen LogP contribution in [-0.4, -0.2) is 72.8 Å². The van der Waals surface area contributed by atoms with Gasteiger partial charge in [-0.1, -0.05) is 0 Å². The molecule has 142 valence electrons. The van der Waals surface area contributed by atoms with Crippen LogP contribution in [0.25, 0.3) is 0 Å². The van der Waals surface area contributed by atoms with Crippen molar-refractivity contribution < 1.29 is 14.0 Å². The molecule has 0 spiro atoms. The number of piperidine rings is 1. The van der Waals surface area contributed by atoms with E-state index in [1.165, 1.54) is 0 Å². The van der Waals surface area contributed by atoms with Gasteiger partial charge in [0.15, 0.2) is 0 Å². The molecular weight excluding hydrogens is 330 g/mol. The zero-order chi connectivity index (χ0) is 18.1. The van der Waals surface area contributed by atoms with E-state index in [-0.39, 0.29) is 11.3 Å². The Kier molecular flexibility index (Phi) is 4.78. The first-order valence-electron chi connectivity index (χ1n) is 9.84. The number of fused-ring (bicyclic) bond motifs is 2. The van der Waals surface area contributed by atoms with Crippen molar-refractivity contribution in [2.45, 2.75) is 32.1 Å². The van der Waals surface area contributed by atoms with E-state index in [2.05, 4.69) is 4.90 Å². The van der Waals surface area contributed by atoms with Crippen molar-refractivity contribution in [3.05, 3.63) is 24.2 Å². The van der Waals surface area contributed by atoms with Gasteiger partial charge in [0.2, 0.25) is 11.8 Å². The molecule has 0 radical (unpaired) electrons. The maximum atomic E-state index is 13.1. The van der Waals surface area contributed by atoms with Crippen molar-refractivity contribution in [2.75, 3.05) is 46.3 Å². The summed E-state index contributed by atoms with van der Waals surface area (Å²) in [7, 11) is 1.95. The molecule has 0 aromatic carbocycles. The van der Waals surface area contributed by atoms with Crippen molar-refractivity contribution in [2.24, 2.45) is 11.3 Å². The molecular formula is C20H29N3O3. The average Bonchev–Trinajstić information content (AvgIpc) is 3.36. The number of carbonyl (C=O) groups is 2. The Morgan fingerprint density at radius 3 is 3.00 bits per heavy atom. The highest BCUT2D eigenvalue weighted by atomic mass is 16.3. The molecule has 3 aliphatic rings. The minimum atomic E-state index is -0.138. The number of likely N-dealkylation sites (tertiary alicyclic amines) is 1. The van der Waals surface area contributed by atoms with E-state index in [1.807, 2.05) is 29.0 Å². The Labute approximate surface area is 155 Å². The average molecular weight is 359 g/mol.